The summed E-state index contributed by atoms with van der Waals surface area (Å²) < 4.78 is 27.9. The van der Waals surface area contributed by atoms with E-state index in [9.17, 15) is 13.2 Å². The van der Waals surface area contributed by atoms with Crippen LogP contribution in [0.15, 0.2) is 24.3 Å². The highest BCUT2D eigenvalue weighted by Crippen LogP contribution is 2.21. The van der Waals surface area contributed by atoms with Crippen LogP contribution >= 0.6 is 0 Å². The maximum absolute atomic E-state index is 12.2. The molecule has 0 bridgehead atoms. The molecule has 1 aromatic heterocycles. The smallest absolute Gasteiger partial charge is 0.267 e. The molecule has 1 aromatic carbocycles. The van der Waals surface area contributed by atoms with E-state index in [1.165, 1.54) is 0 Å². The highest BCUT2D eigenvalue weighted by atomic mass is 32.2. The second-order valence-electron chi connectivity index (χ2n) is 5.21. The van der Waals surface area contributed by atoms with Crippen LogP contribution < -0.4 is 10.1 Å². The van der Waals surface area contributed by atoms with Gasteiger partial charge in [0.05, 0.1) is 18.6 Å². The van der Waals surface area contributed by atoms with E-state index in [1.807, 2.05) is 18.2 Å². The summed E-state index contributed by atoms with van der Waals surface area (Å²) in [6.07, 6.45) is 0.474. The Balaban J connectivity index is 1.78. The molecule has 1 amide bonds. The van der Waals surface area contributed by atoms with E-state index in [1.54, 1.807) is 13.2 Å². The summed E-state index contributed by atoms with van der Waals surface area (Å²) in [4.78, 5) is 15.2. The van der Waals surface area contributed by atoms with Crippen LogP contribution in [0.3, 0.4) is 0 Å². The van der Waals surface area contributed by atoms with Crippen molar-refractivity contribution >= 4 is 26.6 Å². The van der Waals surface area contributed by atoms with Gasteiger partial charge in [0.25, 0.3) is 5.91 Å². The van der Waals surface area contributed by atoms with Crippen molar-refractivity contribution in [3.05, 3.63) is 30.0 Å². The number of amides is 1. The molecule has 0 aliphatic carbocycles. The molecule has 2 N–H and O–H groups in total. The quantitative estimate of drug-likeness (QED) is 0.888. The molecule has 3 rings (SSSR count). The van der Waals surface area contributed by atoms with Crippen molar-refractivity contribution in [2.75, 3.05) is 18.6 Å². The van der Waals surface area contributed by atoms with Crippen molar-refractivity contribution < 1.29 is 17.9 Å². The van der Waals surface area contributed by atoms with Gasteiger partial charge in [0.15, 0.2) is 9.84 Å². The van der Waals surface area contributed by atoms with Crippen molar-refractivity contribution in [2.24, 2.45) is 0 Å². The normalized spacial score (nSPS) is 20.5. The van der Waals surface area contributed by atoms with Crippen LogP contribution in [0.5, 0.6) is 5.75 Å². The number of aromatic amines is 1. The topological polar surface area (TPSA) is 88.3 Å². The van der Waals surface area contributed by atoms with Gasteiger partial charge in [-0.15, -0.1) is 0 Å². The summed E-state index contributed by atoms with van der Waals surface area (Å²) in [6.45, 7) is 0. The summed E-state index contributed by atoms with van der Waals surface area (Å²) in [5, 5.41) is 3.63. The first kappa shape index (κ1) is 13.9. The van der Waals surface area contributed by atoms with Gasteiger partial charge in [-0.25, -0.2) is 8.42 Å². The number of fused-ring (bicyclic) bond motifs is 1. The largest absolute Gasteiger partial charge is 0.497 e. The Kier molecular flexibility index (Phi) is 3.36. The maximum atomic E-state index is 12.2. The van der Waals surface area contributed by atoms with Gasteiger partial charge in [0, 0.05) is 16.9 Å². The molecule has 1 unspecified atom stereocenters. The Morgan fingerprint density at radius 2 is 2.19 bits per heavy atom. The minimum Gasteiger partial charge on any atom is -0.497 e. The molecule has 1 aliphatic rings. The first-order valence-electron chi connectivity index (χ1n) is 6.65. The summed E-state index contributed by atoms with van der Waals surface area (Å²) in [7, 11) is -1.41. The van der Waals surface area contributed by atoms with Crippen molar-refractivity contribution in [1.29, 1.82) is 0 Å². The zero-order valence-corrected chi connectivity index (χ0v) is 12.4. The molecule has 0 saturated carbocycles. The van der Waals surface area contributed by atoms with Gasteiger partial charge >= 0.3 is 0 Å². The predicted octanol–water partition coefficient (Wildman–Crippen LogP) is 1.09. The van der Waals surface area contributed by atoms with Crippen LogP contribution in [0, 0.1) is 0 Å². The summed E-state index contributed by atoms with van der Waals surface area (Å²) >= 11 is 0. The molecule has 1 fully saturated rings. The molecule has 1 atom stereocenters. The molecule has 0 radical (unpaired) electrons. The fraction of sp³-hybridized carbons (Fsp3) is 0.357. The van der Waals surface area contributed by atoms with Crippen molar-refractivity contribution in [2.45, 2.75) is 12.5 Å². The summed E-state index contributed by atoms with van der Waals surface area (Å²) in [5.74, 6) is 0.594. The monoisotopic (exact) mass is 308 g/mol. The molecule has 0 spiro atoms. The number of nitrogens with one attached hydrogen (secondary N) is 2. The number of H-pyrrole nitrogens is 1. The molecule has 112 valence electrons. The van der Waals surface area contributed by atoms with Crippen LogP contribution in [-0.2, 0) is 9.84 Å². The van der Waals surface area contributed by atoms with Crippen LogP contribution in [0.25, 0.3) is 10.9 Å². The number of hydrogen-bond donors (Lipinski definition) is 2. The second-order valence-corrected chi connectivity index (χ2v) is 7.44. The number of hydrogen-bond acceptors (Lipinski definition) is 4. The maximum Gasteiger partial charge on any atom is 0.267 e. The van der Waals surface area contributed by atoms with E-state index < -0.39 is 9.84 Å². The molecular formula is C14H16N2O4S. The number of carbonyl (C=O) groups excluding carboxylic acids is 1. The predicted molar refractivity (Wildman–Crippen MR) is 79.4 cm³/mol. The average Bonchev–Trinajstić information content (AvgIpc) is 3.00. The summed E-state index contributed by atoms with van der Waals surface area (Å²) in [6, 6.07) is 6.91. The Morgan fingerprint density at radius 3 is 2.86 bits per heavy atom. The first-order valence-corrected chi connectivity index (χ1v) is 8.47. The van der Waals surface area contributed by atoms with Crippen LogP contribution in [0.4, 0.5) is 0 Å². The van der Waals surface area contributed by atoms with Crippen molar-refractivity contribution in [3.63, 3.8) is 0 Å². The SMILES string of the molecule is COc1ccc2[nH]c(C(=O)NC3CCS(=O)(=O)C3)cc2c1. The minimum absolute atomic E-state index is 0.0206. The van der Waals surface area contributed by atoms with E-state index in [4.69, 9.17) is 4.74 Å². The van der Waals surface area contributed by atoms with Gasteiger partial charge in [0.1, 0.15) is 11.4 Å². The molecular weight excluding hydrogens is 292 g/mol. The third-order valence-electron chi connectivity index (χ3n) is 3.64. The van der Waals surface area contributed by atoms with Gasteiger partial charge in [-0.05, 0) is 30.7 Å². The van der Waals surface area contributed by atoms with E-state index >= 15 is 0 Å². The Morgan fingerprint density at radius 1 is 1.38 bits per heavy atom. The number of benzene rings is 1. The number of carbonyl (C=O) groups is 1. The number of sulfone groups is 1. The average molecular weight is 308 g/mol. The minimum atomic E-state index is -3.00. The van der Waals surface area contributed by atoms with Crippen LogP contribution in [-0.4, -0.2) is 44.0 Å². The zero-order valence-electron chi connectivity index (χ0n) is 11.5. The molecule has 21 heavy (non-hydrogen) atoms. The van der Waals surface area contributed by atoms with Gasteiger partial charge < -0.3 is 15.0 Å². The van der Waals surface area contributed by atoms with Gasteiger partial charge in [-0.3, -0.25) is 4.79 Å². The van der Waals surface area contributed by atoms with Gasteiger partial charge in [0.2, 0.25) is 0 Å². The number of rotatable bonds is 3. The highest BCUT2D eigenvalue weighted by Gasteiger charge is 2.29. The molecule has 2 heterocycles. The van der Waals surface area contributed by atoms with Crippen LogP contribution in [0.2, 0.25) is 0 Å². The lowest BCUT2D eigenvalue weighted by molar-refractivity contribution is 0.0937. The molecule has 2 aromatic rings. The van der Waals surface area contributed by atoms with Gasteiger partial charge in [-0.1, -0.05) is 0 Å². The van der Waals surface area contributed by atoms with E-state index in [2.05, 4.69) is 10.3 Å². The Hall–Kier alpha value is -2.02. The van der Waals surface area contributed by atoms with Gasteiger partial charge in [-0.2, -0.15) is 0 Å². The van der Waals surface area contributed by atoms with Crippen molar-refractivity contribution in [1.82, 2.24) is 10.3 Å². The fourth-order valence-corrected chi connectivity index (χ4v) is 4.21. The lowest BCUT2D eigenvalue weighted by atomic mass is 10.2. The second kappa shape index (κ2) is 5.07. The van der Waals surface area contributed by atoms with E-state index in [-0.39, 0.29) is 23.5 Å². The number of methoxy groups -OCH3 is 1. The summed E-state index contributed by atoms with van der Waals surface area (Å²) in [5.41, 5.74) is 1.25. The Labute approximate surface area is 122 Å². The number of ether oxygens (including phenoxy) is 1. The molecule has 6 nitrogen and oxygen atoms in total. The molecule has 7 heteroatoms. The third kappa shape index (κ3) is 2.87. The van der Waals surface area contributed by atoms with E-state index in [0.29, 0.717) is 12.1 Å². The number of aromatic nitrogens is 1. The third-order valence-corrected chi connectivity index (χ3v) is 5.41. The Bertz CT molecular complexity index is 794. The lowest BCUT2D eigenvalue weighted by Crippen LogP contribution is -2.35. The van der Waals surface area contributed by atoms with E-state index in [0.717, 1.165) is 16.7 Å². The van der Waals surface area contributed by atoms with Crippen LogP contribution in [0.1, 0.15) is 16.9 Å². The highest BCUT2D eigenvalue weighted by molar-refractivity contribution is 7.91. The molecule has 1 aliphatic heterocycles. The standard InChI is InChI=1S/C14H16N2O4S/c1-20-11-2-3-12-9(6-11)7-13(16-12)14(17)15-10-4-5-21(18,19)8-10/h2-3,6-7,10,16H,4-5,8H2,1H3,(H,15,17). The lowest BCUT2D eigenvalue weighted by Gasteiger charge is -2.09. The fourth-order valence-electron chi connectivity index (χ4n) is 2.53. The first-order chi connectivity index (χ1) is 9.97. The molecule has 1 saturated heterocycles. The zero-order chi connectivity index (χ0) is 15.0. The van der Waals surface area contributed by atoms with Crippen molar-refractivity contribution in [3.8, 4) is 5.75 Å².